The van der Waals surface area contributed by atoms with Gasteiger partial charge < -0.3 is 9.84 Å². The van der Waals surface area contributed by atoms with E-state index in [9.17, 15) is 14.9 Å². The van der Waals surface area contributed by atoms with Crippen molar-refractivity contribution < 1.29 is 19.6 Å². The van der Waals surface area contributed by atoms with E-state index in [0.29, 0.717) is 5.56 Å². The molecule has 1 aromatic rings. The van der Waals surface area contributed by atoms with Crippen LogP contribution in [0.5, 0.6) is 5.75 Å². The molecule has 0 heterocycles. The summed E-state index contributed by atoms with van der Waals surface area (Å²) < 4.78 is 5.19. The SMILES string of the molecule is O=C(O)C=Cc1ccc([N+](=O)[O-])c(OCC=CCl)c1. The topological polar surface area (TPSA) is 89.7 Å². The summed E-state index contributed by atoms with van der Waals surface area (Å²) in [6.07, 6.45) is 3.73. The number of carbonyl (C=O) groups is 1. The highest BCUT2D eigenvalue weighted by Gasteiger charge is 2.14. The van der Waals surface area contributed by atoms with Gasteiger partial charge in [0, 0.05) is 17.7 Å². The molecular formula is C12H10ClNO5. The predicted octanol–water partition coefficient (Wildman–Crippen LogP) is 2.82. The zero-order chi connectivity index (χ0) is 14.3. The van der Waals surface area contributed by atoms with Crippen LogP contribution in [-0.4, -0.2) is 22.6 Å². The summed E-state index contributed by atoms with van der Waals surface area (Å²) in [6, 6.07) is 4.07. The lowest BCUT2D eigenvalue weighted by molar-refractivity contribution is -0.385. The van der Waals surface area contributed by atoms with Crippen molar-refractivity contribution in [1.29, 1.82) is 0 Å². The maximum absolute atomic E-state index is 10.8. The summed E-state index contributed by atoms with van der Waals surface area (Å²) in [4.78, 5) is 20.6. The van der Waals surface area contributed by atoms with Crippen LogP contribution >= 0.6 is 11.6 Å². The van der Waals surface area contributed by atoms with Gasteiger partial charge in [0.2, 0.25) is 0 Å². The Bertz CT molecular complexity index is 539. The number of carboxylic acid groups (broad SMARTS) is 1. The van der Waals surface area contributed by atoms with Gasteiger partial charge in [-0.1, -0.05) is 11.6 Å². The fourth-order valence-corrected chi connectivity index (χ4v) is 1.32. The molecule has 6 nitrogen and oxygen atoms in total. The first-order valence-electron chi connectivity index (χ1n) is 5.12. The van der Waals surface area contributed by atoms with Crippen molar-refractivity contribution in [3.05, 3.63) is 51.6 Å². The summed E-state index contributed by atoms with van der Waals surface area (Å²) in [7, 11) is 0. The highest BCUT2D eigenvalue weighted by Crippen LogP contribution is 2.28. The number of aliphatic carboxylic acids is 1. The minimum Gasteiger partial charge on any atom is -0.483 e. The Balaban J connectivity index is 3.03. The average molecular weight is 284 g/mol. The molecule has 19 heavy (non-hydrogen) atoms. The molecule has 0 aliphatic carbocycles. The van der Waals surface area contributed by atoms with Crippen LogP contribution in [0.1, 0.15) is 5.56 Å². The summed E-state index contributed by atoms with van der Waals surface area (Å²) >= 11 is 5.32. The second-order valence-electron chi connectivity index (χ2n) is 3.33. The summed E-state index contributed by atoms with van der Waals surface area (Å²) in [5, 5.41) is 19.3. The Labute approximate surface area is 113 Å². The van der Waals surface area contributed by atoms with E-state index in [2.05, 4.69) is 0 Å². The van der Waals surface area contributed by atoms with Crippen LogP contribution in [0, 0.1) is 10.1 Å². The number of hydrogen-bond donors (Lipinski definition) is 1. The third-order valence-corrected chi connectivity index (χ3v) is 2.20. The summed E-state index contributed by atoms with van der Waals surface area (Å²) in [5.74, 6) is -1.06. The van der Waals surface area contributed by atoms with Crippen molar-refractivity contribution in [2.24, 2.45) is 0 Å². The van der Waals surface area contributed by atoms with Crippen molar-refractivity contribution in [3.8, 4) is 5.75 Å². The minimum absolute atomic E-state index is 0.0484. The van der Waals surface area contributed by atoms with E-state index in [1.807, 2.05) is 0 Å². The van der Waals surface area contributed by atoms with Crippen LogP contribution in [0.25, 0.3) is 6.08 Å². The fourth-order valence-electron chi connectivity index (χ4n) is 1.24. The lowest BCUT2D eigenvalue weighted by Crippen LogP contribution is -1.98. The molecule has 0 saturated heterocycles. The first kappa shape index (κ1) is 14.7. The highest BCUT2D eigenvalue weighted by atomic mass is 35.5. The van der Waals surface area contributed by atoms with Gasteiger partial charge in [-0.2, -0.15) is 0 Å². The molecule has 100 valence electrons. The molecule has 1 N–H and O–H groups in total. The standard InChI is InChI=1S/C12H10ClNO5/c13-6-1-7-19-11-8-9(3-5-12(15)16)2-4-10(11)14(17)18/h1-6,8H,7H2,(H,15,16). The van der Waals surface area contributed by atoms with Gasteiger partial charge in [0.05, 0.1) is 4.92 Å². The number of nitro groups is 1. The molecule has 0 unspecified atom stereocenters. The first-order valence-corrected chi connectivity index (χ1v) is 5.55. The van der Waals surface area contributed by atoms with Crippen molar-refractivity contribution >= 4 is 29.3 Å². The van der Waals surface area contributed by atoms with Crippen LogP contribution < -0.4 is 4.74 Å². The average Bonchev–Trinajstić information content (AvgIpc) is 2.36. The molecule has 1 aromatic carbocycles. The number of benzene rings is 1. The van der Waals surface area contributed by atoms with E-state index in [4.69, 9.17) is 21.4 Å². The Morgan fingerprint density at radius 3 is 2.84 bits per heavy atom. The van der Waals surface area contributed by atoms with Crippen molar-refractivity contribution in [3.63, 3.8) is 0 Å². The Morgan fingerprint density at radius 2 is 2.26 bits per heavy atom. The lowest BCUT2D eigenvalue weighted by atomic mass is 10.2. The van der Waals surface area contributed by atoms with Gasteiger partial charge in [0.15, 0.2) is 5.75 Å². The predicted molar refractivity (Wildman–Crippen MR) is 70.3 cm³/mol. The number of nitrogens with zero attached hydrogens (tertiary/aromatic N) is 1. The number of carboxylic acids is 1. The van der Waals surface area contributed by atoms with E-state index >= 15 is 0 Å². The number of hydrogen-bond acceptors (Lipinski definition) is 4. The Hall–Kier alpha value is -2.34. The maximum Gasteiger partial charge on any atom is 0.328 e. The Morgan fingerprint density at radius 1 is 1.53 bits per heavy atom. The quantitative estimate of drug-likeness (QED) is 0.492. The Kier molecular flexibility index (Phi) is 5.56. The fraction of sp³-hybridized carbons (Fsp3) is 0.0833. The number of ether oxygens (including phenoxy) is 1. The van der Waals surface area contributed by atoms with Gasteiger partial charge in [0.25, 0.3) is 0 Å². The second kappa shape index (κ2) is 7.17. The van der Waals surface area contributed by atoms with Crippen LogP contribution in [0.4, 0.5) is 5.69 Å². The highest BCUT2D eigenvalue weighted by molar-refractivity contribution is 6.25. The van der Waals surface area contributed by atoms with E-state index in [1.54, 1.807) is 0 Å². The van der Waals surface area contributed by atoms with Gasteiger partial charge in [-0.05, 0) is 29.8 Å². The molecule has 1 rings (SSSR count). The van der Waals surface area contributed by atoms with Gasteiger partial charge in [0.1, 0.15) is 6.61 Å². The zero-order valence-electron chi connectivity index (χ0n) is 9.65. The number of halogens is 1. The van der Waals surface area contributed by atoms with Crippen LogP contribution in [-0.2, 0) is 4.79 Å². The molecule has 7 heteroatoms. The normalized spacial score (nSPS) is 11.0. The van der Waals surface area contributed by atoms with Crippen LogP contribution in [0.15, 0.2) is 35.9 Å². The van der Waals surface area contributed by atoms with Gasteiger partial charge in [-0.15, -0.1) is 0 Å². The van der Waals surface area contributed by atoms with Crippen molar-refractivity contribution in [2.45, 2.75) is 0 Å². The molecule has 0 fully saturated rings. The second-order valence-corrected chi connectivity index (χ2v) is 3.58. The van der Waals surface area contributed by atoms with E-state index < -0.39 is 10.9 Å². The molecule has 0 amide bonds. The van der Waals surface area contributed by atoms with Crippen LogP contribution in [0.3, 0.4) is 0 Å². The summed E-state index contributed by atoms with van der Waals surface area (Å²) in [6.45, 7) is 0.0798. The van der Waals surface area contributed by atoms with E-state index in [0.717, 1.165) is 6.08 Å². The molecule has 0 saturated carbocycles. The van der Waals surface area contributed by atoms with E-state index in [1.165, 1.54) is 35.9 Å². The molecule has 0 bridgehead atoms. The molecule has 0 aliphatic rings. The molecule has 0 atom stereocenters. The minimum atomic E-state index is -1.11. The van der Waals surface area contributed by atoms with Gasteiger partial charge in [-0.3, -0.25) is 10.1 Å². The van der Waals surface area contributed by atoms with E-state index in [-0.39, 0.29) is 18.0 Å². The molecular weight excluding hydrogens is 274 g/mol. The van der Waals surface area contributed by atoms with Gasteiger partial charge in [-0.25, -0.2) is 4.79 Å². The third-order valence-electron chi connectivity index (χ3n) is 2.02. The molecule has 0 radical (unpaired) electrons. The van der Waals surface area contributed by atoms with Crippen molar-refractivity contribution in [1.82, 2.24) is 0 Å². The smallest absolute Gasteiger partial charge is 0.328 e. The van der Waals surface area contributed by atoms with Crippen molar-refractivity contribution in [2.75, 3.05) is 6.61 Å². The third kappa shape index (κ3) is 4.81. The number of rotatable bonds is 6. The summed E-state index contributed by atoms with van der Waals surface area (Å²) in [5.41, 5.74) is 1.52. The van der Waals surface area contributed by atoms with Gasteiger partial charge >= 0.3 is 11.7 Å². The maximum atomic E-state index is 10.8. The monoisotopic (exact) mass is 283 g/mol. The lowest BCUT2D eigenvalue weighted by Gasteiger charge is -2.05. The first-order chi connectivity index (χ1) is 9.04. The molecule has 0 aromatic heterocycles. The largest absolute Gasteiger partial charge is 0.483 e. The molecule has 0 spiro atoms. The van der Waals surface area contributed by atoms with Crippen LogP contribution in [0.2, 0.25) is 0 Å². The molecule has 0 aliphatic heterocycles. The zero-order valence-corrected chi connectivity index (χ0v) is 10.4. The number of nitro benzene ring substituents is 1.